The lowest BCUT2D eigenvalue weighted by Crippen LogP contribution is -2.39. The van der Waals surface area contributed by atoms with Crippen LogP contribution in [0, 0.1) is 0 Å². The van der Waals surface area contributed by atoms with Crippen molar-refractivity contribution >= 4 is 5.91 Å². The number of aliphatic hydroxyl groups excluding tert-OH is 1. The van der Waals surface area contributed by atoms with Gasteiger partial charge in [0.25, 0.3) is 5.91 Å². The van der Waals surface area contributed by atoms with Crippen LogP contribution in [0.1, 0.15) is 72.1 Å². The molecule has 1 amide bonds. The summed E-state index contributed by atoms with van der Waals surface area (Å²) in [5, 5.41) is 9.41. The highest BCUT2D eigenvalue weighted by Crippen LogP contribution is 2.07. The number of hydrogen-bond donors (Lipinski definition) is 1. The van der Waals surface area contributed by atoms with Gasteiger partial charge in [-0.25, -0.2) is 0 Å². The summed E-state index contributed by atoms with van der Waals surface area (Å²) in [6.07, 6.45) is 8.48. The Balaban J connectivity index is 3.96. The Morgan fingerprint density at radius 2 is 1.39 bits per heavy atom. The van der Waals surface area contributed by atoms with Gasteiger partial charge in [-0.05, 0) is 19.8 Å². The normalized spacial score (nSPS) is 12.4. The maximum atomic E-state index is 11.8. The molecular weight excluding hydrogens is 226 g/mol. The molecule has 3 heteroatoms. The molecular formula is C15H31NO2. The fourth-order valence-electron chi connectivity index (χ4n) is 2.06. The van der Waals surface area contributed by atoms with Crippen LogP contribution in [0.15, 0.2) is 0 Å². The first kappa shape index (κ1) is 17.4. The molecule has 0 saturated carbocycles. The van der Waals surface area contributed by atoms with Crippen LogP contribution in [0.4, 0.5) is 0 Å². The van der Waals surface area contributed by atoms with Crippen molar-refractivity contribution in [2.45, 2.75) is 78.2 Å². The van der Waals surface area contributed by atoms with E-state index in [-0.39, 0.29) is 5.91 Å². The molecule has 0 aliphatic carbocycles. The monoisotopic (exact) mass is 257 g/mol. The number of aliphatic hydroxyl groups is 1. The lowest BCUT2D eigenvalue weighted by Gasteiger charge is -2.24. The standard InChI is InChI=1S/C15H31NO2/c1-4-6-8-10-12-16(15(18)14(3)17)13-11-9-7-5-2/h14,17H,4-13H2,1-3H3. The summed E-state index contributed by atoms with van der Waals surface area (Å²) in [6, 6.07) is 0. The molecule has 0 bridgehead atoms. The highest BCUT2D eigenvalue weighted by Gasteiger charge is 2.17. The third-order valence-electron chi connectivity index (χ3n) is 3.23. The van der Waals surface area contributed by atoms with Gasteiger partial charge in [0.15, 0.2) is 0 Å². The molecule has 0 aliphatic rings. The van der Waals surface area contributed by atoms with E-state index in [0.29, 0.717) is 0 Å². The van der Waals surface area contributed by atoms with E-state index in [1.807, 2.05) is 4.90 Å². The van der Waals surface area contributed by atoms with Crippen LogP contribution in [0.3, 0.4) is 0 Å². The van der Waals surface area contributed by atoms with Crippen molar-refractivity contribution in [3.05, 3.63) is 0 Å². The number of amides is 1. The highest BCUT2D eigenvalue weighted by atomic mass is 16.3. The topological polar surface area (TPSA) is 40.5 Å². The van der Waals surface area contributed by atoms with E-state index in [9.17, 15) is 9.90 Å². The Labute approximate surface area is 113 Å². The Kier molecular flexibility index (Phi) is 11.2. The maximum absolute atomic E-state index is 11.8. The van der Waals surface area contributed by atoms with Crippen LogP contribution in [0.5, 0.6) is 0 Å². The number of rotatable bonds is 11. The molecule has 0 heterocycles. The number of carbonyl (C=O) groups is 1. The highest BCUT2D eigenvalue weighted by molar-refractivity contribution is 5.80. The van der Waals surface area contributed by atoms with Crippen LogP contribution >= 0.6 is 0 Å². The van der Waals surface area contributed by atoms with Crippen LogP contribution in [0.25, 0.3) is 0 Å². The Morgan fingerprint density at radius 1 is 0.944 bits per heavy atom. The minimum atomic E-state index is -0.859. The van der Waals surface area contributed by atoms with E-state index in [0.717, 1.165) is 25.9 Å². The minimum absolute atomic E-state index is 0.108. The maximum Gasteiger partial charge on any atom is 0.251 e. The van der Waals surface area contributed by atoms with E-state index in [4.69, 9.17) is 0 Å². The Hall–Kier alpha value is -0.570. The molecule has 0 saturated heterocycles. The number of carbonyl (C=O) groups excluding carboxylic acids is 1. The summed E-state index contributed by atoms with van der Waals surface area (Å²) in [5.74, 6) is -0.108. The molecule has 1 atom stereocenters. The summed E-state index contributed by atoms with van der Waals surface area (Å²) in [4.78, 5) is 13.7. The summed E-state index contributed by atoms with van der Waals surface area (Å²) in [5.41, 5.74) is 0. The Bertz CT molecular complexity index is 193. The molecule has 0 aliphatic heterocycles. The second-order valence-electron chi connectivity index (χ2n) is 5.12. The average molecular weight is 257 g/mol. The zero-order valence-corrected chi connectivity index (χ0v) is 12.5. The third-order valence-corrected chi connectivity index (χ3v) is 3.23. The molecule has 1 N–H and O–H groups in total. The van der Waals surface area contributed by atoms with Gasteiger partial charge < -0.3 is 10.0 Å². The third kappa shape index (κ3) is 8.51. The Morgan fingerprint density at radius 3 is 1.72 bits per heavy atom. The lowest BCUT2D eigenvalue weighted by molar-refractivity contribution is -0.139. The summed E-state index contributed by atoms with van der Waals surface area (Å²) in [7, 11) is 0. The number of unbranched alkanes of at least 4 members (excludes halogenated alkanes) is 6. The zero-order valence-electron chi connectivity index (χ0n) is 12.5. The van der Waals surface area contributed by atoms with E-state index in [1.54, 1.807) is 6.92 Å². The number of hydrogen-bond acceptors (Lipinski definition) is 2. The van der Waals surface area contributed by atoms with Gasteiger partial charge in [0.2, 0.25) is 0 Å². The minimum Gasteiger partial charge on any atom is -0.384 e. The molecule has 108 valence electrons. The van der Waals surface area contributed by atoms with Crippen molar-refractivity contribution in [2.75, 3.05) is 13.1 Å². The first-order valence-electron chi connectivity index (χ1n) is 7.60. The predicted octanol–water partition coefficient (Wildman–Crippen LogP) is 3.36. The second kappa shape index (κ2) is 11.5. The van der Waals surface area contributed by atoms with Crippen molar-refractivity contribution in [1.29, 1.82) is 0 Å². The fourth-order valence-corrected chi connectivity index (χ4v) is 2.06. The summed E-state index contributed by atoms with van der Waals surface area (Å²) in [6.45, 7) is 7.53. The number of nitrogens with zero attached hydrogens (tertiary/aromatic N) is 1. The van der Waals surface area contributed by atoms with Crippen LogP contribution < -0.4 is 0 Å². The molecule has 0 aromatic carbocycles. The van der Waals surface area contributed by atoms with Gasteiger partial charge in [0.1, 0.15) is 6.10 Å². The molecule has 0 radical (unpaired) electrons. The van der Waals surface area contributed by atoms with Gasteiger partial charge in [-0.2, -0.15) is 0 Å². The van der Waals surface area contributed by atoms with Gasteiger partial charge in [-0.15, -0.1) is 0 Å². The van der Waals surface area contributed by atoms with Gasteiger partial charge in [-0.3, -0.25) is 4.79 Å². The quantitative estimate of drug-likeness (QED) is 0.577. The summed E-state index contributed by atoms with van der Waals surface area (Å²) < 4.78 is 0. The lowest BCUT2D eigenvalue weighted by atomic mass is 10.1. The van der Waals surface area contributed by atoms with Crippen molar-refractivity contribution in [3.63, 3.8) is 0 Å². The first-order chi connectivity index (χ1) is 8.63. The van der Waals surface area contributed by atoms with Crippen molar-refractivity contribution in [3.8, 4) is 0 Å². The van der Waals surface area contributed by atoms with E-state index >= 15 is 0 Å². The van der Waals surface area contributed by atoms with Gasteiger partial charge in [-0.1, -0.05) is 52.4 Å². The molecule has 3 nitrogen and oxygen atoms in total. The van der Waals surface area contributed by atoms with Crippen molar-refractivity contribution in [1.82, 2.24) is 4.90 Å². The van der Waals surface area contributed by atoms with Crippen LogP contribution in [-0.2, 0) is 4.79 Å². The predicted molar refractivity (Wildman–Crippen MR) is 76.5 cm³/mol. The molecule has 18 heavy (non-hydrogen) atoms. The molecule has 0 spiro atoms. The second-order valence-corrected chi connectivity index (χ2v) is 5.12. The van der Waals surface area contributed by atoms with E-state index in [1.165, 1.54) is 38.5 Å². The molecule has 0 aromatic rings. The molecule has 0 aromatic heterocycles. The van der Waals surface area contributed by atoms with Crippen molar-refractivity contribution in [2.24, 2.45) is 0 Å². The van der Waals surface area contributed by atoms with Gasteiger partial charge in [0.05, 0.1) is 0 Å². The van der Waals surface area contributed by atoms with E-state index in [2.05, 4.69) is 13.8 Å². The van der Waals surface area contributed by atoms with Gasteiger partial charge in [0, 0.05) is 13.1 Å². The zero-order chi connectivity index (χ0) is 13.8. The van der Waals surface area contributed by atoms with Crippen LogP contribution in [-0.4, -0.2) is 35.1 Å². The van der Waals surface area contributed by atoms with E-state index < -0.39 is 6.10 Å². The van der Waals surface area contributed by atoms with Crippen LogP contribution in [0.2, 0.25) is 0 Å². The smallest absolute Gasteiger partial charge is 0.251 e. The first-order valence-corrected chi connectivity index (χ1v) is 7.60. The SMILES string of the molecule is CCCCCCN(CCCCCC)C(=O)C(C)O. The molecule has 0 rings (SSSR count). The molecule has 0 fully saturated rings. The van der Waals surface area contributed by atoms with Crippen molar-refractivity contribution < 1.29 is 9.90 Å². The molecule has 1 unspecified atom stereocenters. The summed E-state index contributed by atoms with van der Waals surface area (Å²) >= 11 is 0. The van der Waals surface area contributed by atoms with Gasteiger partial charge >= 0.3 is 0 Å². The largest absolute Gasteiger partial charge is 0.384 e. The fraction of sp³-hybridized carbons (Fsp3) is 0.933. The average Bonchev–Trinajstić information content (AvgIpc) is 2.36.